The molecule has 3 aliphatic heterocycles. The van der Waals surface area contributed by atoms with E-state index in [1.807, 2.05) is 18.9 Å². The highest BCUT2D eigenvalue weighted by Gasteiger charge is 2.74. The maximum atomic E-state index is 13.3. The van der Waals surface area contributed by atoms with Crippen LogP contribution in [0.5, 0.6) is 0 Å². The number of carbonyl (C=O) groups is 3. The Morgan fingerprint density at radius 1 is 1.43 bits per heavy atom. The van der Waals surface area contributed by atoms with Gasteiger partial charge in [0, 0.05) is 30.3 Å². The Hall–Kier alpha value is -2.65. The minimum atomic E-state index is -1.49. The maximum absolute atomic E-state index is 13.3. The average Bonchev–Trinajstić information content (AvgIpc) is 3.02. The summed E-state index contributed by atoms with van der Waals surface area (Å²) in [6, 6.07) is -0.155. The van der Waals surface area contributed by atoms with E-state index in [0.717, 1.165) is 5.57 Å². The van der Waals surface area contributed by atoms with Crippen molar-refractivity contribution in [3.8, 4) is 0 Å². The van der Waals surface area contributed by atoms with Gasteiger partial charge in [-0.3, -0.25) is 14.5 Å². The number of nitrogens with one attached hydrogen (secondary N) is 1. The van der Waals surface area contributed by atoms with E-state index in [0.29, 0.717) is 18.7 Å². The van der Waals surface area contributed by atoms with Gasteiger partial charge in [-0.05, 0) is 20.9 Å². The molecule has 3 heterocycles. The van der Waals surface area contributed by atoms with E-state index in [-0.39, 0.29) is 47.2 Å². The number of nitrogens with zero attached hydrogens (tertiary/aromatic N) is 2. The molecule has 0 aromatic heterocycles. The number of ketones is 2. The zero-order valence-corrected chi connectivity index (χ0v) is 16.1. The van der Waals surface area contributed by atoms with Crippen molar-refractivity contribution in [3.05, 3.63) is 34.7 Å². The zero-order valence-electron chi connectivity index (χ0n) is 16.1. The van der Waals surface area contributed by atoms with Crippen molar-refractivity contribution in [1.29, 1.82) is 0 Å². The second-order valence-electron chi connectivity index (χ2n) is 7.99. The number of fused-ring (bicyclic) bond motifs is 4. The number of primary amides is 1. The number of carbonyl (C=O) groups excluding carboxylic acids is 3. The molecule has 9 heteroatoms. The van der Waals surface area contributed by atoms with E-state index in [9.17, 15) is 19.5 Å². The number of amides is 1. The smallest absolute Gasteiger partial charge is 0.404 e. The van der Waals surface area contributed by atoms with Gasteiger partial charge in [0.05, 0.1) is 23.4 Å². The van der Waals surface area contributed by atoms with Crippen molar-refractivity contribution in [1.82, 2.24) is 15.1 Å². The summed E-state index contributed by atoms with van der Waals surface area (Å²) in [7, 11) is 1.88. The first-order valence-corrected chi connectivity index (χ1v) is 9.17. The quantitative estimate of drug-likeness (QED) is 0.319. The van der Waals surface area contributed by atoms with E-state index in [2.05, 4.69) is 11.9 Å². The fourth-order valence-corrected chi connectivity index (χ4v) is 4.83. The van der Waals surface area contributed by atoms with Gasteiger partial charge in [-0.25, -0.2) is 4.79 Å². The Balaban J connectivity index is 1.76. The summed E-state index contributed by atoms with van der Waals surface area (Å²) in [5.74, 6) is -1.53. The third-order valence-corrected chi connectivity index (χ3v) is 6.22. The lowest BCUT2D eigenvalue weighted by Crippen LogP contribution is -2.53. The lowest BCUT2D eigenvalue weighted by molar-refractivity contribution is -0.126. The number of nitrogens with two attached hydrogens (primary N) is 1. The molecule has 0 aromatic rings. The van der Waals surface area contributed by atoms with Crippen molar-refractivity contribution < 1.29 is 24.2 Å². The second kappa shape index (κ2) is 5.92. The van der Waals surface area contributed by atoms with Crippen molar-refractivity contribution in [3.63, 3.8) is 0 Å². The minimum absolute atomic E-state index is 0.0882. The summed E-state index contributed by atoms with van der Waals surface area (Å²) in [5, 5.41) is 14.6. The third-order valence-electron chi connectivity index (χ3n) is 6.22. The van der Waals surface area contributed by atoms with Crippen LogP contribution in [-0.2, 0) is 14.3 Å². The van der Waals surface area contributed by atoms with Crippen molar-refractivity contribution in [2.45, 2.75) is 31.7 Å². The van der Waals surface area contributed by atoms with Crippen molar-refractivity contribution in [2.24, 2.45) is 11.7 Å². The van der Waals surface area contributed by atoms with Gasteiger partial charge in [0.2, 0.25) is 11.6 Å². The molecule has 28 heavy (non-hydrogen) atoms. The number of likely N-dealkylation sites (N-methyl/N-ethyl adjacent to an activating group) is 1. The fourth-order valence-electron chi connectivity index (χ4n) is 4.83. The Kier molecular flexibility index (Phi) is 3.95. The van der Waals surface area contributed by atoms with Crippen LogP contribution in [0.3, 0.4) is 0 Å². The molecule has 0 saturated carbocycles. The van der Waals surface area contributed by atoms with Gasteiger partial charge in [-0.15, -0.1) is 0 Å². The van der Waals surface area contributed by atoms with Crippen LogP contribution in [0.25, 0.3) is 0 Å². The van der Waals surface area contributed by atoms with Gasteiger partial charge in [0.1, 0.15) is 6.61 Å². The largest absolute Gasteiger partial charge is 0.449 e. The van der Waals surface area contributed by atoms with Crippen LogP contribution in [0, 0.1) is 5.92 Å². The third kappa shape index (κ3) is 2.29. The highest BCUT2D eigenvalue weighted by atomic mass is 16.5. The van der Waals surface area contributed by atoms with Crippen molar-refractivity contribution >= 4 is 17.7 Å². The van der Waals surface area contributed by atoms with Gasteiger partial charge in [-0.1, -0.05) is 12.2 Å². The maximum Gasteiger partial charge on any atom is 0.404 e. The van der Waals surface area contributed by atoms with Crippen LogP contribution in [0.4, 0.5) is 4.79 Å². The molecule has 1 aliphatic carbocycles. The SMILES string of the molecule is C=C(C)CNC1=C(C)C(=O)C2=C(C1=O)[C@@H](COC(N)=O)[C@]1(O)[C@H]3[C@@H](CN21)N3C. The Labute approximate surface area is 162 Å². The summed E-state index contributed by atoms with van der Waals surface area (Å²) >= 11 is 0. The molecule has 1 amide bonds. The van der Waals surface area contributed by atoms with E-state index in [1.165, 1.54) is 0 Å². The minimum Gasteiger partial charge on any atom is -0.449 e. The average molecular weight is 388 g/mol. The number of Topliss-reactive ketones (excluding diaryl/α,β-unsaturated/α-hetero) is 2. The van der Waals surface area contributed by atoms with Crippen LogP contribution in [-0.4, -0.2) is 77.1 Å². The summed E-state index contributed by atoms with van der Waals surface area (Å²) < 4.78 is 4.98. The molecule has 2 saturated heterocycles. The molecule has 1 unspecified atom stereocenters. The highest BCUT2D eigenvalue weighted by Crippen LogP contribution is 2.57. The van der Waals surface area contributed by atoms with Gasteiger partial charge < -0.3 is 25.8 Å². The predicted molar refractivity (Wildman–Crippen MR) is 98.6 cm³/mol. The van der Waals surface area contributed by atoms with Crippen LogP contribution in [0.15, 0.2) is 34.7 Å². The fraction of sp³-hybridized carbons (Fsp3) is 0.526. The van der Waals surface area contributed by atoms with E-state index in [1.54, 1.807) is 11.8 Å². The molecular weight excluding hydrogens is 364 g/mol. The number of hydrogen-bond acceptors (Lipinski definition) is 8. The Morgan fingerprint density at radius 2 is 2.11 bits per heavy atom. The second-order valence-corrected chi connectivity index (χ2v) is 7.99. The summed E-state index contributed by atoms with van der Waals surface area (Å²) in [6.07, 6.45) is -0.996. The summed E-state index contributed by atoms with van der Waals surface area (Å²) in [5.41, 5.74) is 5.33. The molecule has 0 aromatic carbocycles. The van der Waals surface area contributed by atoms with Crippen LogP contribution < -0.4 is 11.1 Å². The first-order valence-electron chi connectivity index (χ1n) is 9.17. The van der Waals surface area contributed by atoms with Crippen LogP contribution in [0.2, 0.25) is 0 Å². The predicted octanol–water partition coefficient (Wildman–Crippen LogP) is -0.756. The first-order chi connectivity index (χ1) is 13.1. The normalized spacial score (nSPS) is 35.6. The number of rotatable bonds is 5. The molecule has 0 spiro atoms. The molecule has 5 atom stereocenters. The van der Waals surface area contributed by atoms with Crippen molar-refractivity contribution in [2.75, 3.05) is 26.7 Å². The monoisotopic (exact) mass is 388 g/mol. The lowest BCUT2D eigenvalue weighted by atomic mass is 9.82. The first kappa shape index (κ1) is 18.7. The number of ether oxygens (including phenoxy) is 1. The summed E-state index contributed by atoms with van der Waals surface area (Å²) in [4.78, 5) is 41.3. The van der Waals surface area contributed by atoms with Gasteiger partial charge >= 0.3 is 6.09 Å². The molecule has 2 fully saturated rings. The number of aliphatic hydroxyl groups is 1. The lowest BCUT2D eigenvalue weighted by Gasteiger charge is -2.37. The van der Waals surface area contributed by atoms with Gasteiger partial charge in [0.25, 0.3) is 0 Å². The number of hydrogen-bond donors (Lipinski definition) is 3. The molecule has 150 valence electrons. The molecule has 4 N–H and O–H groups in total. The Bertz CT molecular complexity index is 891. The standard InChI is InChI=1S/C19H24N4O5/c1-8(2)5-21-13-9(3)15(24)14-12(16(13)25)10(7-28-18(20)26)19(27)17-11(22(17)4)6-23(14)19/h10-11,17,21,27H,1,5-7H2,2-4H3,(H2,20,26)/t10-,11-,17-,19+,22?/m1/s1. The molecule has 0 radical (unpaired) electrons. The number of allylic oxidation sites excluding steroid dienone is 2. The molecule has 4 rings (SSSR count). The van der Waals surface area contributed by atoms with Crippen LogP contribution in [0.1, 0.15) is 13.8 Å². The van der Waals surface area contributed by atoms with Crippen LogP contribution >= 0.6 is 0 Å². The summed E-state index contributed by atoms with van der Waals surface area (Å²) in [6.45, 7) is 7.71. The van der Waals surface area contributed by atoms with E-state index < -0.39 is 17.7 Å². The van der Waals surface area contributed by atoms with Gasteiger partial charge in [-0.2, -0.15) is 0 Å². The van der Waals surface area contributed by atoms with Gasteiger partial charge in [0.15, 0.2) is 5.72 Å². The highest BCUT2D eigenvalue weighted by molar-refractivity contribution is 6.25. The van der Waals surface area contributed by atoms with E-state index in [4.69, 9.17) is 10.5 Å². The van der Waals surface area contributed by atoms with E-state index >= 15 is 0 Å². The Morgan fingerprint density at radius 3 is 2.71 bits per heavy atom. The molecule has 4 aliphatic rings. The molecule has 0 bridgehead atoms. The molecular formula is C19H24N4O5. The number of piperazine rings is 1. The molecule has 9 nitrogen and oxygen atoms in total. The topological polar surface area (TPSA) is 125 Å². The zero-order chi connectivity index (χ0) is 20.5.